The molecule has 0 unspecified atom stereocenters. The highest BCUT2D eigenvalue weighted by Crippen LogP contribution is 2.35. The molecule has 1 N–H and O–H groups in total. The molecule has 0 bridgehead atoms. The average molecular weight is 1030 g/mol. The smallest absolute Gasteiger partial charge is 0.231 e. The van der Waals surface area contributed by atoms with Crippen LogP contribution in [0.4, 0.5) is 0 Å². The molecule has 1 aliphatic heterocycles. The van der Waals surface area contributed by atoms with E-state index in [9.17, 15) is 0 Å². The van der Waals surface area contributed by atoms with Crippen LogP contribution in [0.15, 0.2) is 103 Å². The highest BCUT2D eigenvalue weighted by molar-refractivity contribution is 7.18. The van der Waals surface area contributed by atoms with Crippen LogP contribution in [0.3, 0.4) is 0 Å². The summed E-state index contributed by atoms with van der Waals surface area (Å²) in [6, 6.07) is 34.3. The van der Waals surface area contributed by atoms with Gasteiger partial charge in [0.05, 0.1) is 58.5 Å². The molecule has 5 aromatic carbocycles. The predicted octanol–water partition coefficient (Wildman–Crippen LogP) is 18.8. The van der Waals surface area contributed by atoms with Crippen LogP contribution in [0.2, 0.25) is 0 Å². The van der Waals surface area contributed by atoms with Crippen molar-refractivity contribution < 1.29 is 9.47 Å². The van der Waals surface area contributed by atoms with Crippen molar-refractivity contribution >= 4 is 65.5 Å². The molecule has 9 aromatic rings. The summed E-state index contributed by atoms with van der Waals surface area (Å²) in [5.74, 6) is 5.28. The first-order valence-electron chi connectivity index (χ1n) is 26.7. The number of aromatic amines is 1. The lowest BCUT2D eigenvalue weighted by Gasteiger charge is -2.07. The van der Waals surface area contributed by atoms with Crippen molar-refractivity contribution in [2.75, 3.05) is 6.79 Å². The second-order valence-electron chi connectivity index (χ2n) is 21.2. The summed E-state index contributed by atoms with van der Waals surface area (Å²) in [6.07, 6.45) is 10.9. The van der Waals surface area contributed by atoms with Crippen molar-refractivity contribution in [2.24, 2.45) is 0 Å². The Morgan fingerprint density at radius 1 is 0.466 bits per heavy atom. The minimum atomic E-state index is 0.358. The molecule has 0 radical (unpaired) electrons. The number of rotatable bonds is 6. The van der Waals surface area contributed by atoms with Gasteiger partial charge in [-0.1, -0.05) is 132 Å². The monoisotopic (exact) mass is 1030 g/mol. The third-order valence-corrected chi connectivity index (χ3v) is 17.1. The number of nitrogens with one attached hydrogen (secondary N) is 1. The van der Waals surface area contributed by atoms with Crippen LogP contribution in [0, 0.1) is 6.92 Å². The topological polar surface area (TPSA) is 85.8 Å². The van der Waals surface area contributed by atoms with E-state index in [1.165, 1.54) is 92.3 Å². The van der Waals surface area contributed by atoms with Crippen LogP contribution in [0.5, 0.6) is 11.5 Å². The molecule has 0 fully saturated rings. The molecule has 4 aromatic heterocycles. The van der Waals surface area contributed by atoms with Gasteiger partial charge in [0.1, 0.15) is 0 Å². The second-order valence-corrected chi connectivity index (χ2v) is 24.6. The van der Waals surface area contributed by atoms with Crippen LogP contribution in [-0.4, -0.2) is 31.7 Å². The molecule has 0 saturated carbocycles. The minimum Gasteiger partial charge on any atom is -0.454 e. The molecule has 0 spiro atoms. The van der Waals surface area contributed by atoms with Gasteiger partial charge >= 0.3 is 0 Å². The number of H-pyrrole nitrogens is 1. The summed E-state index contributed by atoms with van der Waals surface area (Å²) in [5.41, 5.74) is 14.5. The summed E-state index contributed by atoms with van der Waals surface area (Å²) >= 11 is 5.49. The number of nitrogens with zero attached hydrogens (tertiary/aromatic N) is 4. The highest BCUT2D eigenvalue weighted by atomic mass is 32.1. The van der Waals surface area contributed by atoms with Gasteiger partial charge in [-0.05, 0) is 157 Å². The molecule has 0 saturated heterocycles. The van der Waals surface area contributed by atoms with Gasteiger partial charge < -0.3 is 14.5 Å². The van der Waals surface area contributed by atoms with E-state index in [2.05, 4.69) is 194 Å². The fourth-order valence-corrected chi connectivity index (χ4v) is 11.6. The number of fused-ring (bicyclic) bond motifs is 6. The van der Waals surface area contributed by atoms with E-state index >= 15 is 0 Å². The molecule has 5 heterocycles. The molecule has 3 aliphatic rings. The van der Waals surface area contributed by atoms with E-state index in [-0.39, 0.29) is 0 Å². The van der Waals surface area contributed by atoms with E-state index < -0.39 is 0 Å². The number of ether oxygens (including phenoxy) is 2. The van der Waals surface area contributed by atoms with Gasteiger partial charge in [-0.25, -0.2) is 19.9 Å². The Kier molecular flexibility index (Phi) is 19.8. The van der Waals surface area contributed by atoms with Crippen molar-refractivity contribution in [3.05, 3.63) is 162 Å². The number of hydrogen-bond donors (Lipinski definition) is 1. The van der Waals surface area contributed by atoms with E-state index in [1.54, 1.807) is 45.0 Å². The second kappa shape index (κ2) is 26.2. The predicted molar refractivity (Wildman–Crippen MR) is 314 cm³/mol. The van der Waals surface area contributed by atoms with Gasteiger partial charge in [0, 0.05) is 16.7 Å². The SMILES string of the molecule is CC(C)c1ccc2c(c1)CCC2.CC(C)c1ccc2c(c1)OCO2.CC(C)c1ccc2nc[nH]c2c1.CC(C)c1nc2c(s1)CCCC2.CC(C)c1nc2ccccc2s1.Cc1nc2cc(C(C)C)ccc2s1. The lowest BCUT2D eigenvalue weighted by Crippen LogP contribution is -1.99. The average Bonchev–Trinajstić information content (AvgIpc) is 4.25. The number of hydrogen-bond acceptors (Lipinski definition) is 9. The van der Waals surface area contributed by atoms with Gasteiger partial charge in [-0.2, -0.15) is 0 Å². The van der Waals surface area contributed by atoms with Crippen LogP contribution in [-0.2, 0) is 25.7 Å². The van der Waals surface area contributed by atoms with E-state index in [0.29, 0.717) is 42.3 Å². The van der Waals surface area contributed by atoms with Gasteiger partial charge in [0.2, 0.25) is 6.79 Å². The summed E-state index contributed by atoms with van der Waals surface area (Å²) in [6.45, 7) is 28.9. The Morgan fingerprint density at radius 3 is 1.78 bits per heavy atom. The van der Waals surface area contributed by atoms with Crippen LogP contribution < -0.4 is 9.47 Å². The van der Waals surface area contributed by atoms with Gasteiger partial charge in [-0.3, -0.25) is 0 Å². The lowest BCUT2D eigenvalue weighted by molar-refractivity contribution is 0.174. The van der Waals surface area contributed by atoms with Crippen LogP contribution in [0.1, 0.15) is 197 Å². The number of para-hydroxylation sites is 1. The number of imidazole rings is 1. The van der Waals surface area contributed by atoms with Crippen molar-refractivity contribution in [1.29, 1.82) is 0 Å². The number of aromatic nitrogens is 5. The maximum atomic E-state index is 5.27. The van der Waals surface area contributed by atoms with Crippen molar-refractivity contribution in [2.45, 2.75) is 170 Å². The fraction of sp³-hybridized carbons (Fsp3) is 0.429. The summed E-state index contributed by atoms with van der Waals surface area (Å²) in [7, 11) is 0. The third-order valence-electron chi connectivity index (χ3n) is 13.3. The minimum absolute atomic E-state index is 0.358. The van der Waals surface area contributed by atoms with E-state index in [1.807, 2.05) is 29.5 Å². The largest absolute Gasteiger partial charge is 0.454 e. The fourth-order valence-electron chi connectivity index (χ4n) is 8.71. The first kappa shape index (κ1) is 55.3. The quantitative estimate of drug-likeness (QED) is 0.179. The summed E-state index contributed by atoms with van der Waals surface area (Å²) in [4.78, 5) is 22.5. The van der Waals surface area contributed by atoms with E-state index in [4.69, 9.17) is 9.47 Å². The van der Waals surface area contributed by atoms with Gasteiger partial charge in [-0.15, -0.1) is 34.0 Å². The molecular formula is C63H79N5O2S3. The maximum Gasteiger partial charge on any atom is 0.231 e. The Balaban J connectivity index is 0.000000128. The first-order chi connectivity index (χ1) is 35.0. The zero-order valence-corrected chi connectivity index (χ0v) is 48.2. The standard InChI is InChI=1S/C12H16.C11H13NS.C10H12N2.C10H15NS.C10H11NS.C10H12O2/c1-9(2)11-7-6-10-4-3-5-12(10)8-11;1-7(2)9-4-5-11-10(6-9)12-8(3)13-11;1-7(2)8-3-4-9-10(5-8)12-6-11-9;2*1-7(2)10-11-8-5-3-4-6-9(8)12-10;1-7(2)8-3-4-9-10(5-8)12-6-11-9/h6-9H,3-5H2,1-2H3;4-7H,1-3H3;3-7H,1-2H3,(H,11,12);7H,3-6H2,1-2H3;3-7H,1-2H3;3-5,7H,6H2,1-2H3. The zero-order valence-electron chi connectivity index (χ0n) is 45.8. The van der Waals surface area contributed by atoms with Gasteiger partial charge in [0.25, 0.3) is 0 Å². The molecule has 0 amide bonds. The van der Waals surface area contributed by atoms with E-state index in [0.717, 1.165) is 38.6 Å². The number of aryl methyl sites for hydroxylation is 5. The lowest BCUT2D eigenvalue weighted by atomic mass is 9.99. The molecule has 12 rings (SSSR count). The maximum absolute atomic E-state index is 5.27. The molecule has 386 valence electrons. The van der Waals surface area contributed by atoms with Crippen LogP contribution >= 0.6 is 34.0 Å². The Hall–Kier alpha value is -5.42. The summed E-state index contributed by atoms with van der Waals surface area (Å²) < 4.78 is 13.1. The molecule has 7 nitrogen and oxygen atoms in total. The first-order valence-corrected chi connectivity index (χ1v) is 29.1. The van der Waals surface area contributed by atoms with Gasteiger partial charge in [0.15, 0.2) is 11.5 Å². The highest BCUT2D eigenvalue weighted by Gasteiger charge is 2.17. The van der Waals surface area contributed by atoms with Crippen molar-refractivity contribution in [1.82, 2.24) is 24.9 Å². The molecule has 73 heavy (non-hydrogen) atoms. The number of thiazole rings is 3. The molecule has 10 heteroatoms. The normalized spacial score (nSPS) is 13.2. The molecule has 2 aliphatic carbocycles. The molecular weight excluding hydrogens is 955 g/mol. The third kappa shape index (κ3) is 15.3. The Morgan fingerprint density at radius 2 is 1.07 bits per heavy atom. The van der Waals surface area contributed by atoms with Crippen LogP contribution in [0.25, 0.3) is 31.5 Å². The van der Waals surface area contributed by atoms with Crippen molar-refractivity contribution in [3.8, 4) is 11.5 Å². The number of benzene rings is 5. The zero-order chi connectivity index (χ0) is 52.2. The molecule has 0 atom stereocenters. The Bertz CT molecular complexity index is 3030. The Labute approximate surface area is 448 Å². The summed E-state index contributed by atoms with van der Waals surface area (Å²) in [5, 5.41) is 3.72. The van der Waals surface area contributed by atoms with Crippen molar-refractivity contribution in [3.63, 3.8) is 0 Å².